The maximum Gasteiger partial charge on any atom is 0.407 e. The normalized spacial score (nSPS) is 14.2. The number of rotatable bonds is 4. The zero-order valence-electron chi connectivity index (χ0n) is 14.0. The number of hydrogen-bond donors (Lipinski definition) is 1. The Morgan fingerprint density at radius 1 is 1.19 bits per heavy atom. The highest BCUT2D eigenvalue weighted by Crippen LogP contribution is 2.21. The molecule has 21 heavy (non-hydrogen) atoms. The fraction of sp³-hybridized carbons (Fsp3) is 0.500. The number of benzene rings is 1. The van der Waals surface area contributed by atoms with Crippen molar-refractivity contribution >= 4 is 11.7 Å². The predicted octanol–water partition coefficient (Wildman–Crippen LogP) is 4.78. The third-order valence-electron chi connectivity index (χ3n) is 3.22. The standard InChI is InChI=1S/C18H27NO2/c1-13(15(3)16-10-8-7-9-11-16)12-14(2)19-17(20)21-18(4,5)6/h7-11,14H,12H2,1-6H3,(H,19,20)/b15-13+/t14-/m1/s1. The van der Waals surface area contributed by atoms with E-state index < -0.39 is 5.60 Å². The molecular formula is C18H27NO2. The van der Waals surface area contributed by atoms with Gasteiger partial charge in [0.2, 0.25) is 0 Å². The lowest BCUT2D eigenvalue weighted by molar-refractivity contribution is 0.0508. The molecular weight excluding hydrogens is 262 g/mol. The van der Waals surface area contributed by atoms with Crippen LogP contribution in [0.25, 0.3) is 5.57 Å². The molecule has 1 N–H and O–H groups in total. The Morgan fingerprint density at radius 3 is 2.29 bits per heavy atom. The third kappa shape index (κ3) is 6.48. The Hall–Kier alpha value is -1.77. The Kier molecular flexibility index (Phi) is 6.01. The van der Waals surface area contributed by atoms with Gasteiger partial charge in [-0.25, -0.2) is 4.79 Å². The average molecular weight is 289 g/mol. The molecule has 1 aromatic rings. The van der Waals surface area contributed by atoms with Gasteiger partial charge in [0, 0.05) is 6.04 Å². The van der Waals surface area contributed by atoms with E-state index in [4.69, 9.17) is 4.74 Å². The molecule has 0 aliphatic carbocycles. The summed E-state index contributed by atoms with van der Waals surface area (Å²) in [6.07, 6.45) is 0.445. The maximum absolute atomic E-state index is 11.7. The number of alkyl carbamates (subject to hydrolysis) is 1. The zero-order valence-corrected chi connectivity index (χ0v) is 14.0. The molecule has 0 aliphatic rings. The summed E-state index contributed by atoms with van der Waals surface area (Å²) < 4.78 is 5.27. The minimum atomic E-state index is -0.464. The second kappa shape index (κ2) is 7.30. The topological polar surface area (TPSA) is 38.3 Å². The second-order valence-electron chi connectivity index (χ2n) is 6.52. The summed E-state index contributed by atoms with van der Waals surface area (Å²) in [7, 11) is 0. The number of allylic oxidation sites excluding steroid dienone is 1. The SMILES string of the molecule is C/C(C[C@@H](C)NC(=O)OC(C)(C)C)=C(/C)c1ccccc1. The highest BCUT2D eigenvalue weighted by molar-refractivity contribution is 5.69. The van der Waals surface area contributed by atoms with Gasteiger partial charge in [0.25, 0.3) is 0 Å². The lowest BCUT2D eigenvalue weighted by atomic mass is 9.98. The highest BCUT2D eigenvalue weighted by atomic mass is 16.6. The largest absolute Gasteiger partial charge is 0.444 e. The fourth-order valence-corrected chi connectivity index (χ4v) is 2.11. The van der Waals surface area contributed by atoms with Crippen molar-refractivity contribution in [2.24, 2.45) is 0 Å². The molecule has 1 rings (SSSR count). The summed E-state index contributed by atoms with van der Waals surface area (Å²) in [5.41, 5.74) is 3.28. The van der Waals surface area contributed by atoms with Crippen LogP contribution in [0.3, 0.4) is 0 Å². The summed E-state index contributed by atoms with van der Waals surface area (Å²) in [6.45, 7) is 11.8. The van der Waals surface area contributed by atoms with Crippen molar-refractivity contribution in [3.63, 3.8) is 0 Å². The number of nitrogens with one attached hydrogen (secondary N) is 1. The molecule has 0 saturated heterocycles. The Balaban J connectivity index is 2.62. The Bertz CT molecular complexity index is 498. The van der Waals surface area contributed by atoms with Gasteiger partial charge in [-0.3, -0.25) is 0 Å². The van der Waals surface area contributed by atoms with Gasteiger partial charge in [-0.1, -0.05) is 35.9 Å². The van der Waals surface area contributed by atoms with E-state index >= 15 is 0 Å². The minimum Gasteiger partial charge on any atom is -0.444 e. The van der Waals surface area contributed by atoms with Gasteiger partial charge in [-0.2, -0.15) is 0 Å². The van der Waals surface area contributed by atoms with Crippen molar-refractivity contribution in [3.05, 3.63) is 41.5 Å². The molecule has 1 amide bonds. The van der Waals surface area contributed by atoms with Gasteiger partial charge in [0.05, 0.1) is 0 Å². The van der Waals surface area contributed by atoms with Gasteiger partial charge < -0.3 is 10.1 Å². The molecule has 1 aromatic carbocycles. The fourth-order valence-electron chi connectivity index (χ4n) is 2.11. The number of carbonyl (C=O) groups is 1. The first-order chi connectivity index (χ1) is 9.69. The monoisotopic (exact) mass is 289 g/mol. The van der Waals surface area contributed by atoms with Crippen molar-refractivity contribution in [2.45, 2.75) is 59.6 Å². The molecule has 0 unspecified atom stereocenters. The van der Waals surface area contributed by atoms with Crippen LogP contribution in [0.4, 0.5) is 4.79 Å². The van der Waals surface area contributed by atoms with Gasteiger partial charge in [0.1, 0.15) is 5.60 Å². The molecule has 0 fully saturated rings. The van der Waals surface area contributed by atoms with Crippen LogP contribution in [0.5, 0.6) is 0 Å². The summed E-state index contributed by atoms with van der Waals surface area (Å²) in [5.74, 6) is 0. The van der Waals surface area contributed by atoms with Crippen molar-refractivity contribution in [2.75, 3.05) is 0 Å². The molecule has 0 spiro atoms. The van der Waals surface area contributed by atoms with Gasteiger partial charge in [-0.15, -0.1) is 0 Å². The summed E-state index contributed by atoms with van der Waals surface area (Å²) in [4.78, 5) is 11.7. The number of amides is 1. The number of ether oxygens (including phenoxy) is 1. The summed E-state index contributed by atoms with van der Waals surface area (Å²) >= 11 is 0. The van der Waals surface area contributed by atoms with E-state index in [0.29, 0.717) is 0 Å². The first-order valence-corrected chi connectivity index (χ1v) is 7.40. The van der Waals surface area contributed by atoms with Gasteiger partial charge in [-0.05, 0) is 59.1 Å². The quantitative estimate of drug-likeness (QED) is 0.866. The van der Waals surface area contributed by atoms with Gasteiger partial charge in [0.15, 0.2) is 0 Å². The van der Waals surface area contributed by atoms with Gasteiger partial charge >= 0.3 is 6.09 Å². The molecule has 3 nitrogen and oxygen atoms in total. The van der Waals surface area contributed by atoms with Crippen molar-refractivity contribution < 1.29 is 9.53 Å². The van der Waals surface area contributed by atoms with Crippen LogP contribution in [-0.2, 0) is 4.74 Å². The second-order valence-corrected chi connectivity index (χ2v) is 6.52. The molecule has 0 aromatic heterocycles. The van der Waals surface area contributed by atoms with E-state index in [1.807, 2.05) is 45.9 Å². The first-order valence-electron chi connectivity index (χ1n) is 7.40. The minimum absolute atomic E-state index is 0.0403. The van der Waals surface area contributed by atoms with E-state index in [-0.39, 0.29) is 12.1 Å². The van der Waals surface area contributed by atoms with Crippen molar-refractivity contribution in [1.82, 2.24) is 5.32 Å². The molecule has 0 bridgehead atoms. The lowest BCUT2D eigenvalue weighted by Crippen LogP contribution is -2.37. The highest BCUT2D eigenvalue weighted by Gasteiger charge is 2.18. The molecule has 116 valence electrons. The molecule has 1 atom stereocenters. The summed E-state index contributed by atoms with van der Waals surface area (Å²) in [6, 6.07) is 10.3. The number of carbonyl (C=O) groups excluding carboxylic acids is 1. The van der Waals surface area contributed by atoms with E-state index in [0.717, 1.165) is 6.42 Å². The summed E-state index contributed by atoms with van der Waals surface area (Å²) in [5, 5.41) is 2.88. The third-order valence-corrected chi connectivity index (χ3v) is 3.22. The van der Waals surface area contributed by atoms with Crippen LogP contribution in [0, 0.1) is 0 Å². The molecule has 0 radical (unpaired) electrons. The van der Waals surface area contributed by atoms with Crippen LogP contribution in [0.1, 0.15) is 53.5 Å². The predicted molar refractivity (Wildman–Crippen MR) is 88.2 cm³/mol. The molecule has 0 heterocycles. The van der Waals surface area contributed by atoms with Crippen LogP contribution in [0.2, 0.25) is 0 Å². The lowest BCUT2D eigenvalue weighted by Gasteiger charge is -2.22. The van der Waals surface area contributed by atoms with Crippen LogP contribution in [0.15, 0.2) is 35.9 Å². The van der Waals surface area contributed by atoms with E-state index in [9.17, 15) is 4.79 Å². The van der Waals surface area contributed by atoms with Crippen molar-refractivity contribution in [3.8, 4) is 0 Å². The zero-order chi connectivity index (χ0) is 16.0. The molecule has 0 saturated carbocycles. The van der Waals surface area contributed by atoms with Crippen LogP contribution < -0.4 is 5.32 Å². The van der Waals surface area contributed by atoms with E-state index in [2.05, 4.69) is 31.3 Å². The maximum atomic E-state index is 11.7. The van der Waals surface area contributed by atoms with Crippen LogP contribution >= 0.6 is 0 Å². The average Bonchev–Trinajstić information content (AvgIpc) is 2.36. The number of hydrogen-bond acceptors (Lipinski definition) is 2. The van der Waals surface area contributed by atoms with Crippen molar-refractivity contribution in [1.29, 1.82) is 0 Å². The molecule has 0 aliphatic heterocycles. The Labute approximate surface area is 128 Å². The Morgan fingerprint density at radius 2 is 1.76 bits per heavy atom. The first kappa shape index (κ1) is 17.3. The van der Waals surface area contributed by atoms with E-state index in [1.165, 1.54) is 16.7 Å². The molecule has 3 heteroatoms. The van der Waals surface area contributed by atoms with E-state index in [1.54, 1.807) is 0 Å². The van der Waals surface area contributed by atoms with Crippen LogP contribution in [-0.4, -0.2) is 17.7 Å². The smallest absolute Gasteiger partial charge is 0.407 e.